The number of nitrogen functional groups attached to an aromatic ring is 1. The summed E-state index contributed by atoms with van der Waals surface area (Å²) in [6.45, 7) is 2.72. The molecule has 0 fully saturated rings. The number of nitrogens with zero attached hydrogens (tertiary/aromatic N) is 3. The molecule has 1 heterocycles. The minimum atomic E-state index is -4.75. The van der Waals surface area contributed by atoms with Crippen LogP contribution < -0.4 is 11.1 Å². The van der Waals surface area contributed by atoms with Gasteiger partial charge < -0.3 is 25.9 Å². The summed E-state index contributed by atoms with van der Waals surface area (Å²) in [5, 5.41) is 23.9. The summed E-state index contributed by atoms with van der Waals surface area (Å²) in [5.41, 5.74) is 6.38. The minimum Gasteiger partial charge on any atom is -0.383 e. The van der Waals surface area contributed by atoms with Gasteiger partial charge in [0.15, 0.2) is 0 Å². The number of nitro benzene ring substituents is 1. The van der Waals surface area contributed by atoms with Crippen molar-refractivity contribution in [3.05, 3.63) is 68.0 Å². The van der Waals surface area contributed by atoms with Crippen LogP contribution in [-0.2, 0) is 20.4 Å². The Hall–Kier alpha value is -3.00. The molecule has 1 amide bonds. The summed E-state index contributed by atoms with van der Waals surface area (Å²) < 4.78 is 15.5. The molecule has 2 rings (SSSR count). The van der Waals surface area contributed by atoms with E-state index in [2.05, 4.69) is 19.8 Å². The molecule has 15 heteroatoms. The van der Waals surface area contributed by atoms with Crippen LogP contribution in [0.1, 0.15) is 30.3 Å². The molecule has 0 saturated carbocycles. The normalized spacial score (nSPS) is 13.0. The molecule has 0 aliphatic carbocycles. The monoisotopic (exact) mass is 513 g/mol. The van der Waals surface area contributed by atoms with Crippen molar-refractivity contribution in [2.75, 3.05) is 12.3 Å². The smallest absolute Gasteiger partial charge is 0.383 e. The molecular formula is C19H24N5O8PS. The number of rotatable bonds is 10. The Labute approximate surface area is 198 Å². The van der Waals surface area contributed by atoms with Crippen LogP contribution in [0.2, 0.25) is 0 Å². The highest BCUT2D eigenvalue weighted by Crippen LogP contribution is 2.36. The number of anilines is 1. The quantitative estimate of drug-likeness (QED) is 0.0674. The molecule has 6 N–H and O–H groups in total. The van der Waals surface area contributed by atoms with E-state index in [1.54, 1.807) is 6.92 Å². The number of hydrogen-bond donors (Lipinski definition) is 6. The van der Waals surface area contributed by atoms with Gasteiger partial charge in [-0.3, -0.25) is 19.4 Å². The van der Waals surface area contributed by atoms with Gasteiger partial charge in [0, 0.05) is 48.0 Å². The van der Waals surface area contributed by atoms with E-state index >= 15 is 0 Å². The van der Waals surface area contributed by atoms with Crippen molar-refractivity contribution >= 4 is 41.6 Å². The van der Waals surface area contributed by atoms with Crippen LogP contribution in [0.4, 0.5) is 11.5 Å². The van der Waals surface area contributed by atoms with Crippen LogP contribution in [0.25, 0.3) is 0 Å². The number of phosphoric ester groups is 1. The van der Waals surface area contributed by atoms with Crippen molar-refractivity contribution in [1.82, 2.24) is 15.3 Å². The molecule has 0 unspecified atom stereocenters. The van der Waals surface area contributed by atoms with E-state index in [4.69, 9.17) is 15.5 Å². The number of aliphatic hydroxyl groups excluding tert-OH is 1. The zero-order valence-corrected chi connectivity index (χ0v) is 20.0. The number of phosphoric acid groups is 1. The lowest BCUT2D eigenvalue weighted by atomic mass is 10.2. The van der Waals surface area contributed by atoms with Crippen LogP contribution in [-0.4, -0.2) is 47.3 Å². The van der Waals surface area contributed by atoms with E-state index in [1.165, 1.54) is 37.4 Å². The van der Waals surface area contributed by atoms with Gasteiger partial charge in [-0.1, -0.05) is 12.1 Å². The topological polar surface area (TPSA) is 211 Å². The molecule has 13 nitrogen and oxygen atoms in total. The molecular weight excluding hydrogens is 489 g/mol. The van der Waals surface area contributed by atoms with Gasteiger partial charge in [0.2, 0.25) is 5.91 Å². The number of non-ortho nitro benzene ring substituents is 1. The number of thiol groups is 1. The van der Waals surface area contributed by atoms with E-state index in [0.29, 0.717) is 11.4 Å². The number of nitro groups is 1. The molecule has 0 saturated heterocycles. The lowest BCUT2D eigenvalue weighted by Crippen LogP contribution is -2.25. The van der Waals surface area contributed by atoms with E-state index in [9.17, 15) is 24.6 Å². The Morgan fingerprint density at radius 1 is 1.38 bits per heavy atom. The highest BCUT2D eigenvalue weighted by molar-refractivity contribution is 8.02. The first kappa shape index (κ1) is 27.2. The summed E-state index contributed by atoms with van der Waals surface area (Å²) in [4.78, 5) is 49.3. The van der Waals surface area contributed by atoms with Gasteiger partial charge in [-0.15, -0.1) is 11.4 Å². The van der Waals surface area contributed by atoms with Crippen molar-refractivity contribution in [2.24, 2.45) is 0 Å². The fourth-order valence-corrected chi connectivity index (χ4v) is 3.95. The molecule has 34 heavy (non-hydrogen) atoms. The van der Waals surface area contributed by atoms with Crippen LogP contribution in [0.15, 0.2) is 40.9 Å². The highest BCUT2D eigenvalue weighted by Gasteiger charge is 2.17. The largest absolute Gasteiger partial charge is 0.469 e. The third kappa shape index (κ3) is 8.41. The second-order valence-electron chi connectivity index (χ2n) is 6.90. The first-order chi connectivity index (χ1) is 15.9. The Morgan fingerprint density at radius 3 is 2.71 bits per heavy atom. The Morgan fingerprint density at radius 2 is 2.09 bits per heavy atom. The van der Waals surface area contributed by atoms with Gasteiger partial charge in [0.25, 0.3) is 5.69 Å². The number of carbonyl (C=O) groups is 1. The van der Waals surface area contributed by atoms with Crippen molar-refractivity contribution in [3.8, 4) is 0 Å². The number of aryl methyl sites for hydroxylation is 1. The summed E-state index contributed by atoms with van der Waals surface area (Å²) >= 11 is 0.101. The fraction of sp³-hybridized carbons (Fsp3) is 0.263. The van der Waals surface area contributed by atoms with E-state index in [1.807, 2.05) is 0 Å². The number of hydrogen-bond acceptors (Lipinski definition) is 8. The number of benzene rings is 1. The van der Waals surface area contributed by atoms with Crippen LogP contribution >= 0.6 is 19.2 Å². The minimum absolute atomic E-state index is 0.0199. The predicted octanol–water partition coefficient (Wildman–Crippen LogP) is 1.87. The molecule has 0 bridgehead atoms. The average Bonchev–Trinajstić information content (AvgIpc) is 2.76. The molecule has 0 aliphatic heterocycles. The molecule has 0 radical (unpaired) electrons. The SMILES string of the molecule is C/C(C(=O)NCc1cnc(C)nc1N)=C(CCOP(=O)(O)O)/[SH]=C(\O)c1cccc([N+](=O)[O-])c1. The standard InChI is InChI=1S/C19H24N5O8PS/c1-11(18(25)22-10-14-9-21-12(2)23-17(14)20)16(6-7-32-33(29,30)31)34-19(26)13-4-3-5-15(8-13)24(27)28/h3-5,8-9,26,34H,6-7,10H2,1-2H3,(H,22,25)(H2,20,21,23)(H2,29,30,31)/b16-11-. The Kier molecular flexibility index (Phi) is 9.55. The summed E-state index contributed by atoms with van der Waals surface area (Å²) in [7, 11) is -4.75. The van der Waals surface area contributed by atoms with E-state index < -0.39 is 25.3 Å². The van der Waals surface area contributed by atoms with Gasteiger partial charge in [-0.25, -0.2) is 14.5 Å². The maximum absolute atomic E-state index is 12.7. The lowest BCUT2D eigenvalue weighted by Gasteiger charge is -2.12. The third-order valence-electron chi connectivity index (χ3n) is 4.39. The van der Waals surface area contributed by atoms with E-state index in [-0.39, 0.29) is 56.9 Å². The van der Waals surface area contributed by atoms with Crippen molar-refractivity contribution in [1.29, 1.82) is 0 Å². The van der Waals surface area contributed by atoms with Gasteiger partial charge >= 0.3 is 7.82 Å². The van der Waals surface area contributed by atoms with Gasteiger partial charge in [0.05, 0.1) is 11.5 Å². The van der Waals surface area contributed by atoms with Gasteiger partial charge in [-0.05, 0) is 18.8 Å². The zero-order chi connectivity index (χ0) is 25.5. The summed E-state index contributed by atoms with van der Waals surface area (Å²) in [6.07, 6.45) is 1.37. The second kappa shape index (κ2) is 11.9. The maximum Gasteiger partial charge on any atom is 0.469 e. The Balaban J connectivity index is 2.31. The summed E-state index contributed by atoms with van der Waals surface area (Å²) in [5.74, 6) is 0.145. The number of nitrogens with two attached hydrogens (primary N) is 1. The maximum atomic E-state index is 12.7. The predicted molar refractivity (Wildman–Crippen MR) is 127 cm³/mol. The van der Waals surface area contributed by atoms with Crippen molar-refractivity contribution in [3.63, 3.8) is 0 Å². The number of aromatic nitrogens is 2. The Bertz CT molecular complexity index is 1200. The van der Waals surface area contributed by atoms with Gasteiger partial charge in [0.1, 0.15) is 16.7 Å². The fourth-order valence-electron chi connectivity index (χ4n) is 2.63. The molecule has 0 aliphatic rings. The molecule has 0 spiro atoms. The molecule has 1 aromatic heterocycles. The van der Waals surface area contributed by atoms with Crippen LogP contribution in [0.3, 0.4) is 0 Å². The van der Waals surface area contributed by atoms with Crippen LogP contribution in [0.5, 0.6) is 0 Å². The first-order valence-electron chi connectivity index (χ1n) is 9.66. The molecule has 1 aromatic carbocycles. The number of nitrogens with one attached hydrogen (secondary N) is 1. The highest BCUT2D eigenvalue weighted by atomic mass is 32.1. The first-order valence-corrected chi connectivity index (χ1v) is 12.1. The molecule has 0 atom stereocenters. The van der Waals surface area contributed by atoms with E-state index in [0.717, 1.165) is 0 Å². The average molecular weight is 513 g/mol. The van der Waals surface area contributed by atoms with Gasteiger partial charge in [-0.2, -0.15) is 0 Å². The number of amides is 1. The third-order valence-corrected chi connectivity index (χ3v) is 6.20. The molecule has 184 valence electrons. The van der Waals surface area contributed by atoms with Crippen molar-refractivity contribution < 1.29 is 33.7 Å². The number of carbonyl (C=O) groups excluding carboxylic acids is 1. The summed E-state index contributed by atoms with van der Waals surface area (Å²) in [6, 6.07) is 5.28. The molecule has 2 aromatic rings. The zero-order valence-electron chi connectivity index (χ0n) is 18.2. The van der Waals surface area contributed by atoms with Crippen molar-refractivity contribution in [2.45, 2.75) is 26.8 Å². The lowest BCUT2D eigenvalue weighted by molar-refractivity contribution is -0.384. The van der Waals surface area contributed by atoms with Crippen LogP contribution in [0, 0.1) is 17.0 Å². The number of aliphatic hydroxyl groups is 1. The second-order valence-corrected chi connectivity index (χ2v) is 9.33.